The molecule has 2 aliphatic heterocycles. The first kappa shape index (κ1) is 14.5. The molecule has 2 aliphatic rings. The van der Waals surface area contributed by atoms with E-state index in [-0.39, 0.29) is 17.4 Å². The smallest absolute Gasteiger partial charge is 0.272 e. The molecule has 6 heteroatoms. The molecule has 0 bridgehead atoms. The van der Waals surface area contributed by atoms with Gasteiger partial charge in [0.2, 0.25) is 0 Å². The summed E-state index contributed by atoms with van der Waals surface area (Å²) < 4.78 is 0. The Kier molecular flexibility index (Phi) is 3.49. The lowest BCUT2D eigenvalue weighted by molar-refractivity contribution is 0.0718. The SMILES string of the molecule is CC1CC2(CCNCC2)CN1C(=O)c1ccc2nccnc2n1. The molecular weight excluding hydrogens is 290 g/mol. The number of carbonyl (C=O) groups excluding carboxylic acids is 1. The van der Waals surface area contributed by atoms with Crippen LogP contribution >= 0.6 is 0 Å². The van der Waals surface area contributed by atoms with Crippen molar-refractivity contribution in [3.8, 4) is 0 Å². The highest BCUT2D eigenvalue weighted by Gasteiger charge is 2.44. The molecule has 120 valence electrons. The predicted molar refractivity (Wildman–Crippen MR) is 87.0 cm³/mol. The molecule has 0 aromatic carbocycles. The maximum absolute atomic E-state index is 12.9. The number of fused-ring (bicyclic) bond motifs is 1. The summed E-state index contributed by atoms with van der Waals surface area (Å²) in [5, 5.41) is 3.42. The molecule has 23 heavy (non-hydrogen) atoms. The van der Waals surface area contributed by atoms with Crippen molar-refractivity contribution in [3.63, 3.8) is 0 Å². The average molecular weight is 311 g/mol. The van der Waals surface area contributed by atoms with Crippen LogP contribution in [-0.2, 0) is 0 Å². The Hall–Kier alpha value is -2.08. The second-order valence-electron chi connectivity index (χ2n) is 6.83. The Morgan fingerprint density at radius 2 is 2.04 bits per heavy atom. The summed E-state index contributed by atoms with van der Waals surface area (Å²) in [6.07, 6.45) is 6.63. The molecule has 2 aromatic rings. The van der Waals surface area contributed by atoms with E-state index in [0.717, 1.165) is 38.9 Å². The fraction of sp³-hybridized carbons (Fsp3) is 0.529. The highest BCUT2D eigenvalue weighted by Crippen LogP contribution is 2.42. The number of likely N-dealkylation sites (tertiary alicyclic amines) is 1. The molecule has 4 rings (SSSR count). The zero-order chi connectivity index (χ0) is 15.9. The molecule has 2 aromatic heterocycles. The molecule has 1 unspecified atom stereocenters. The number of piperidine rings is 1. The van der Waals surface area contributed by atoms with Gasteiger partial charge in [-0.05, 0) is 56.8 Å². The minimum absolute atomic E-state index is 0.0143. The number of hydrogen-bond acceptors (Lipinski definition) is 5. The van der Waals surface area contributed by atoms with Gasteiger partial charge in [0.05, 0.1) is 0 Å². The zero-order valence-electron chi connectivity index (χ0n) is 13.3. The zero-order valence-corrected chi connectivity index (χ0v) is 13.3. The molecule has 4 heterocycles. The average Bonchev–Trinajstić information content (AvgIpc) is 2.90. The molecule has 0 radical (unpaired) electrons. The number of pyridine rings is 1. The van der Waals surface area contributed by atoms with E-state index in [1.165, 1.54) is 0 Å². The van der Waals surface area contributed by atoms with E-state index < -0.39 is 0 Å². The van der Waals surface area contributed by atoms with Gasteiger partial charge in [0, 0.05) is 25.0 Å². The summed E-state index contributed by atoms with van der Waals surface area (Å²) in [4.78, 5) is 27.7. The van der Waals surface area contributed by atoms with Crippen LogP contribution in [0.4, 0.5) is 0 Å². The normalized spacial score (nSPS) is 23.5. The van der Waals surface area contributed by atoms with E-state index in [1.54, 1.807) is 18.5 Å². The van der Waals surface area contributed by atoms with E-state index in [0.29, 0.717) is 16.9 Å². The summed E-state index contributed by atoms with van der Waals surface area (Å²) in [5.74, 6) is 0.0143. The van der Waals surface area contributed by atoms with Crippen LogP contribution in [-0.4, -0.2) is 51.4 Å². The van der Waals surface area contributed by atoms with Crippen LogP contribution in [0.15, 0.2) is 24.5 Å². The molecule has 6 nitrogen and oxygen atoms in total. The number of aromatic nitrogens is 3. The quantitative estimate of drug-likeness (QED) is 0.867. The van der Waals surface area contributed by atoms with Crippen molar-refractivity contribution < 1.29 is 4.79 Å². The molecule has 0 saturated carbocycles. The number of nitrogens with one attached hydrogen (secondary N) is 1. The first-order valence-corrected chi connectivity index (χ1v) is 8.26. The molecule has 0 aliphatic carbocycles. The first-order chi connectivity index (χ1) is 11.2. The third kappa shape index (κ3) is 2.57. The monoisotopic (exact) mass is 311 g/mol. The van der Waals surface area contributed by atoms with E-state index in [9.17, 15) is 4.79 Å². The maximum Gasteiger partial charge on any atom is 0.272 e. The topological polar surface area (TPSA) is 71.0 Å². The number of carbonyl (C=O) groups is 1. The third-order valence-electron chi connectivity index (χ3n) is 5.24. The Balaban J connectivity index is 1.60. The van der Waals surface area contributed by atoms with Crippen LogP contribution in [0.1, 0.15) is 36.7 Å². The summed E-state index contributed by atoms with van der Waals surface area (Å²) in [5.41, 5.74) is 2.00. The van der Waals surface area contributed by atoms with Gasteiger partial charge in [0.1, 0.15) is 11.2 Å². The van der Waals surface area contributed by atoms with Gasteiger partial charge in [-0.3, -0.25) is 9.78 Å². The lowest BCUT2D eigenvalue weighted by Crippen LogP contribution is -2.40. The first-order valence-electron chi connectivity index (χ1n) is 8.26. The molecule has 1 amide bonds. The van der Waals surface area contributed by atoms with Crippen molar-refractivity contribution in [3.05, 3.63) is 30.2 Å². The second kappa shape index (κ2) is 5.53. The van der Waals surface area contributed by atoms with Crippen LogP contribution in [0.25, 0.3) is 11.2 Å². The van der Waals surface area contributed by atoms with Gasteiger partial charge in [-0.1, -0.05) is 0 Å². The second-order valence-corrected chi connectivity index (χ2v) is 6.83. The number of hydrogen-bond donors (Lipinski definition) is 1. The van der Waals surface area contributed by atoms with Crippen molar-refractivity contribution in [2.24, 2.45) is 5.41 Å². The summed E-state index contributed by atoms with van der Waals surface area (Å²) >= 11 is 0. The summed E-state index contributed by atoms with van der Waals surface area (Å²) in [6, 6.07) is 3.85. The largest absolute Gasteiger partial charge is 0.334 e. The lowest BCUT2D eigenvalue weighted by atomic mass is 9.77. The Labute approximate surface area is 135 Å². The van der Waals surface area contributed by atoms with Crippen LogP contribution in [0.3, 0.4) is 0 Å². The fourth-order valence-corrected chi connectivity index (χ4v) is 4.03. The van der Waals surface area contributed by atoms with Crippen molar-refractivity contribution in [2.45, 2.75) is 32.2 Å². The predicted octanol–water partition coefficient (Wildman–Crippen LogP) is 1.63. The molecular formula is C17H21N5O. The van der Waals surface area contributed by atoms with Crippen molar-refractivity contribution in [1.82, 2.24) is 25.2 Å². The van der Waals surface area contributed by atoms with Gasteiger partial charge < -0.3 is 10.2 Å². The maximum atomic E-state index is 12.9. The Morgan fingerprint density at radius 1 is 1.26 bits per heavy atom. The molecule has 1 atom stereocenters. The summed E-state index contributed by atoms with van der Waals surface area (Å²) in [7, 11) is 0. The van der Waals surface area contributed by atoms with Crippen LogP contribution in [0, 0.1) is 5.41 Å². The van der Waals surface area contributed by atoms with Crippen LogP contribution in [0.5, 0.6) is 0 Å². The molecule has 2 saturated heterocycles. The highest BCUT2D eigenvalue weighted by molar-refractivity contribution is 5.94. The molecule has 2 fully saturated rings. The number of nitrogens with zero attached hydrogens (tertiary/aromatic N) is 4. The Bertz CT molecular complexity index is 741. The third-order valence-corrected chi connectivity index (χ3v) is 5.24. The van der Waals surface area contributed by atoms with Gasteiger partial charge in [0.25, 0.3) is 5.91 Å². The summed E-state index contributed by atoms with van der Waals surface area (Å²) in [6.45, 7) is 5.10. The van der Waals surface area contributed by atoms with Crippen molar-refractivity contribution in [1.29, 1.82) is 0 Å². The van der Waals surface area contributed by atoms with Crippen LogP contribution in [0.2, 0.25) is 0 Å². The number of rotatable bonds is 1. The number of amides is 1. The molecule has 1 N–H and O–H groups in total. The van der Waals surface area contributed by atoms with Gasteiger partial charge >= 0.3 is 0 Å². The van der Waals surface area contributed by atoms with E-state index in [2.05, 4.69) is 27.2 Å². The van der Waals surface area contributed by atoms with E-state index in [4.69, 9.17) is 0 Å². The minimum atomic E-state index is 0.0143. The Morgan fingerprint density at radius 3 is 2.87 bits per heavy atom. The van der Waals surface area contributed by atoms with E-state index in [1.807, 2.05) is 11.0 Å². The van der Waals surface area contributed by atoms with Gasteiger partial charge in [0.15, 0.2) is 5.65 Å². The van der Waals surface area contributed by atoms with Gasteiger partial charge in [-0.2, -0.15) is 0 Å². The molecule has 1 spiro atoms. The standard InChI is InChI=1S/C17H21N5O/c1-12-10-17(4-6-18-7-5-17)11-22(12)16(23)14-3-2-13-15(21-14)20-9-8-19-13/h2-3,8-9,12,18H,4-7,10-11H2,1H3. The lowest BCUT2D eigenvalue weighted by Gasteiger charge is -2.33. The van der Waals surface area contributed by atoms with E-state index >= 15 is 0 Å². The highest BCUT2D eigenvalue weighted by atomic mass is 16.2. The fourth-order valence-electron chi connectivity index (χ4n) is 4.03. The van der Waals surface area contributed by atoms with Crippen molar-refractivity contribution in [2.75, 3.05) is 19.6 Å². The minimum Gasteiger partial charge on any atom is -0.334 e. The van der Waals surface area contributed by atoms with Crippen LogP contribution < -0.4 is 5.32 Å². The van der Waals surface area contributed by atoms with Gasteiger partial charge in [-0.25, -0.2) is 9.97 Å². The van der Waals surface area contributed by atoms with Crippen molar-refractivity contribution >= 4 is 17.1 Å². The van der Waals surface area contributed by atoms with Gasteiger partial charge in [-0.15, -0.1) is 0 Å².